The van der Waals surface area contributed by atoms with Gasteiger partial charge in [0.15, 0.2) is 0 Å². The van der Waals surface area contributed by atoms with Crippen LogP contribution in [0.4, 0.5) is 0 Å². The van der Waals surface area contributed by atoms with Crippen molar-refractivity contribution in [1.29, 1.82) is 0 Å². The minimum atomic E-state index is 0.544. The lowest BCUT2D eigenvalue weighted by molar-refractivity contribution is 0.255. The zero-order valence-corrected chi connectivity index (χ0v) is 12.6. The zero-order chi connectivity index (χ0) is 14.8. The van der Waals surface area contributed by atoms with E-state index in [2.05, 4.69) is 22.1 Å². The van der Waals surface area contributed by atoms with Crippen molar-refractivity contribution >= 4 is 0 Å². The summed E-state index contributed by atoms with van der Waals surface area (Å²) in [7, 11) is 0. The zero-order valence-electron chi connectivity index (χ0n) is 12.6. The van der Waals surface area contributed by atoms with Gasteiger partial charge in [-0.15, -0.1) is 0 Å². The van der Waals surface area contributed by atoms with Crippen molar-refractivity contribution < 1.29 is 9.47 Å². The van der Waals surface area contributed by atoms with Crippen LogP contribution in [0.1, 0.15) is 48.6 Å². The van der Waals surface area contributed by atoms with Crippen LogP contribution in [0.25, 0.3) is 0 Å². The van der Waals surface area contributed by atoms with Crippen LogP contribution < -0.4 is 9.47 Å². The van der Waals surface area contributed by atoms with Crippen LogP contribution in [0.5, 0.6) is 11.8 Å². The van der Waals surface area contributed by atoms with Crippen molar-refractivity contribution in [3.05, 3.63) is 47.8 Å². The Hall–Kier alpha value is -2.10. The summed E-state index contributed by atoms with van der Waals surface area (Å²) in [5, 5.41) is 0. The molecule has 7 rings (SSSR count). The molecule has 4 aliphatic heterocycles. The maximum atomic E-state index is 5.68. The van der Waals surface area contributed by atoms with Crippen LogP contribution in [-0.4, -0.2) is 23.2 Å². The maximum Gasteiger partial charge on any atom is 0.213 e. The Morgan fingerprint density at radius 1 is 0.727 bits per heavy atom. The molecule has 0 saturated heterocycles. The molecule has 1 saturated carbocycles. The van der Waals surface area contributed by atoms with Crippen LogP contribution in [0.3, 0.4) is 0 Å². The van der Waals surface area contributed by atoms with Crippen molar-refractivity contribution in [2.45, 2.75) is 37.5 Å². The number of ether oxygens (including phenoxy) is 2. The summed E-state index contributed by atoms with van der Waals surface area (Å²) in [6, 6.07) is 8.31. The first-order chi connectivity index (χ1) is 10.9. The lowest BCUT2D eigenvalue weighted by atomic mass is 9.67. The molecule has 2 aromatic heterocycles. The standard InChI is InChI=1S/C18H20N2O2/c1-2-10-22-18-8-4-14(12-20-18)16-6-5-15(16)13-3-7-17(19-11-13)21-9-1/h3-4,7-8,11-12,15-16H,1-2,5-6,9-10H2. The second-order valence-corrected chi connectivity index (χ2v) is 6.05. The molecule has 6 heterocycles. The fourth-order valence-corrected chi connectivity index (χ4v) is 3.25. The molecule has 0 N–H and O–H groups in total. The third-order valence-corrected chi connectivity index (χ3v) is 4.69. The highest BCUT2D eigenvalue weighted by Gasteiger charge is 2.33. The molecule has 22 heavy (non-hydrogen) atoms. The van der Waals surface area contributed by atoms with E-state index in [9.17, 15) is 0 Å². The van der Waals surface area contributed by atoms with E-state index in [0.717, 1.165) is 24.6 Å². The van der Waals surface area contributed by atoms with Gasteiger partial charge in [-0.2, -0.15) is 0 Å². The van der Waals surface area contributed by atoms with Crippen molar-refractivity contribution in [1.82, 2.24) is 9.97 Å². The Morgan fingerprint density at radius 2 is 1.23 bits per heavy atom. The van der Waals surface area contributed by atoms with E-state index < -0.39 is 0 Å². The summed E-state index contributed by atoms with van der Waals surface area (Å²) >= 11 is 0. The Bertz CT molecular complexity index is 567. The SMILES string of the molecule is c1cc2ncc1C1CCC1c1ccc(nc1)OCCCCO2. The Labute approximate surface area is 130 Å². The maximum absolute atomic E-state index is 5.68. The van der Waals surface area contributed by atoms with Gasteiger partial charge in [0.2, 0.25) is 11.8 Å². The largest absolute Gasteiger partial charge is 0.478 e. The van der Waals surface area contributed by atoms with Gasteiger partial charge in [0.25, 0.3) is 0 Å². The first-order valence-corrected chi connectivity index (χ1v) is 8.08. The highest BCUT2D eigenvalue weighted by Crippen LogP contribution is 2.48. The molecule has 4 bridgehead atoms. The highest BCUT2D eigenvalue weighted by molar-refractivity contribution is 5.32. The van der Waals surface area contributed by atoms with Gasteiger partial charge in [-0.05, 0) is 48.6 Å². The van der Waals surface area contributed by atoms with Gasteiger partial charge < -0.3 is 9.47 Å². The van der Waals surface area contributed by atoms with E-state index in [4.69, 9.17) is 9.47 Å². The summed E-state index contributed by atoms with van der Waals surface area (Å²) in [6.45, 7) is 1.35. The average Bonchev–Trinajstić information content (AvgIpc) is 2.52. The third kappa shape index (κ3) is 2.65. The second kappa shape index (κ2) is 5.95. The second-order valence-electron chi connectivity index (χ2n) is 6.05. The molecule has 0 aromatic carbocycles. The molecule has 4 nitrogen and oxygen atoms in total. The van der Waals surface area contributed by atoms with E-state index in [0.29, 0.717) is 25.0 Å². The Morgan fingerprint density at radius 3 is 1.59 bits per heavy atom. The van der Waals surface area contributed by atoms with E-state index >= 15 is 0 Å². The van der Waals surface area contributed by atoms with Crippen LogP contribution in [-0.2, 0) is 0 Å². The van der Waals surface area contributed by atoms with Crippen molar-refractivity contribution in [3.8, 4) is 11.8 Å². The predicted octanol–water partition coefficient (Wildman–Crippen LogP) is 3.69. The van der Waals surface area contributed by atoms with E-state index in [1.54, 1.807) is 0 Å². The fourth-order valence-electron chi connectivity index (χ4n) is 3.25. The number of aromatic nitrogens is 2. The summed E-state index contributed by atoms with van der Waals surface area (Å²) < 4.78 is 11.4. The summed E-state index contributed by atoms with van der Waals surface area (Å²) in [4.78, 5) is 8.90. The van der Waals surface area contributed by atoms with E-state index in [-0.39, 0.29) is 0 Å². The molecule has 2 aromatic rings. The molecule has 114 valence electrons. The van der Waals surface area contributed by atoms with Crippen LogP contribution in [0.15, 0.2) is 36.7 Å². The summed E-state index contributed by atoms with van der Waals surface area (Å²) in [6.07, 6.45) is 8.28. The first-order valence-electron chi connectivity index (χ1n) is 8.08. The molecular formula is C18H20N2O2. The quantitative estimate of drug-likeness (QED) is 0.743. The third-order valence-electron chi connectivity index (χ3n) is 4.69. The molecule has 4 heteroatoms. The van der Waals surface area contributed by atoms with E-state index in [1.807, 2.05) is 24.5 Å². The normalized spacial score (nSPS) is 24.0. The predicted molar refractivity (Wildman–Crippen MR) is 83.4 cm³/mol. The molecule has 0 amide bonds. The molecule has 2 unspecified atom stereocenters. The molecule has 1 aliphatic carbocycles. The minimum absolute atomic E-state index is 0.544. The molecule has 0 radical (unpaired) electrons. The van der Waals surface area contributed by atoms with Gasteiger partial charge in [0.1, 0.15) is 0 Å². The van der Waals surface area contributed by atoms with Gasteiger partial charge in [0.05, 0.1) is 13.2 Å². The van der Waals surface area contributed by atoms with Crippen LogP contribution in [0.2, 0.25) is 0 Å². The number of hydrogen-bond acceptors (Lipinski definition) is 4. The smallest absolute Gasteiger partial charge is 0.213 e. The minimum Gasteiger partial charge on any atom is -0.478 e. The van der Waals surface area contributed by atoms with Gasteiger partial charge in [-0.1, -0.05) is 12.1 Å². The van der Waals surface area contributed by atoms with Crippen molar-refractivity contribution in [2.24, 2.45) is 0 Å². The number of nitrogens with zero attached hydrogens (tertiary/aromatic N) is 2. The monoisotopic (exact) mass is 296 g/mol. The van der Waals surface area contributed by atoms with Gasteiger partial charge in [0, 0.05) is 24.5 Å². The van der Waals surface area contributed by atoms with Crippen molar-refractivity contribution in [2.75, 3.05) is 13.2 Å². The molecule has 5 aliphatic rings. The Kier molecular flexibility index (Phi) is 3.67. The lowest BCUT2D eigenvalue weighted by Gasteiger charge is -2.37. The molecule has 0 spiro atoms. The fraction of sp³-hybridized carbons (Fsp3) is 0.444. The summed E-state index contributed by atoms with van der Waals surface area (Å²) in [5.41, 5.74) is 2.60. The lowest BCUT2D eigenvalue weighted by Crippen LogP contribution is -2.22. The first kappa shape index (κ1) is 13.6. The van der Waals surface area contributed by atoms with Crippen LogP contribution in [0, 0.1) is 0 Å². The van der Waals surface area contributed by atoms with Gasteiger partial charge >= 0.3 is 0 Å². The molecule has 1 fully saturated rings. The topological polar surface area (TPSA) is 44.2 Å². The van der Waals surface area contributed by atoms with Gasteiger partial charge in [-0.25, -0.2) is 9.97 Å². The van der Waals surface area contributed by atoms with Gasteiger partial charge in [-0.3, -0.25) is 0 Å². The van der Waals surface area contributed by atoms with E-state index in [1.165, 1.54) is 24.0 Å². The average molecular weight is 296 g/mol. The molecule has 2 atom stereocenters. The number of rotatable bonds is 0. The molecular weight excluding hydrogens is 276 g/mol. The Balaban J connectivity index is 1.62. The van der Waals surface area contributed by atoms with Crippen LogP contribution >= 0.6 is 0 Å². The van der Waals surface area contributed by atoms with Crippen molar-refractivity contribution in [3.63, 3.8) is 0 Å². The summed E-state index contributed by atoms with van der Waals surface area (Å²) in [5.74, 6) is 2.53. The number of pyridine rings is 2. The number of hydrogen-bond donors (Lipinski definition) is 0. The highest BCUT2D eigenvalue weighted by atomic mass is 16.5.